The molecule has 1 N–H and O–H groups in total. The van der Waals surface area contributed by atoms with E-state index >= 15 is 0 Å². The van der Waals surface area contributed by atoms with E-state index in [2.05, 4.69) is 24.6 Å². The summed E-state index contributed by atoms with van der Waals surface area (Å²) >= 11 is 1.30. The summed E-state index contributed by atoms with van der Waals surface area (Å²) in [5, 5.41) is 5.13. The highest BCUT2D eigenvalue weighted by molar-refractivity contribution is 7.03. The predicted molar refractivity (Wildman–Crippen MR) is 98.7 cm³/mol. The van der Waals surface area contributed by atoms with E-state index < -0.39 is 11.7 Å². The molecule has 0 amide bonds. The van der Waals surface area contributed by atoms with Crippen LogP contribution in [0.4, 0.5) is 19.0 Å². The topological polar surface area (TPSA) is 53.9 Å². The Balaban J connectivity index is 1.76. The lowest BCUT2D eigenvalue weighted by molar-refractivity contribution is -0.137. The minimum absolute atomic E-state index is 0.474. The lowest BCUT2D eigenvalue weighted by atomic mass is 10.1. The number of rotatable bonds is 3. The van der Waals surface area contributed by atoms with Crippen LogP contribution in [0.3, 0.4) is 0 Å². The molecule has 0 atom stereocenters. The number of benzene rings is 1. The summed E-state index contributed by atoms with van der Waals surface area (Å²) in [6, 6.07) is 8.69. The third-order valence-corrected chi connectivity index (χ3v) is 4.89. The van der Waals surface area contributed by atoms with E-state index in [9.17, 15) is 13.2 Å². The number of anilines is 1. The molecule has 9 heteroatoms. The third-order valence-electron chi connectivity index (χ3n) is 4.33. The van der Waals surface area contributed by atoms with Crippen LogP contribution in [0, 0.1) is 0 Å². The second-order valence-electron chi connectivity index (χ2n) is 6.13. The number of aromatic nitrogens is 3. The van der Waals surface area contributed by atoms with Crippen LogP contribution in [0.25, 0.3) is 22.8 Å². The Morgan fingerprint density at radius 3 is 2.33 bits per heavy atom. The predicted octanol–water partition coefficient (Wildman–Crippen LogP) is 3.70. The first-order chi connectivity index (χ1) is 13.0. The first-order valence-corrected chi connectivity index (χ1v) is 9.27. The van der Waals surface area contributed by atoms with Gasteiger partial charge in [-0.2, -0.15) is 17.5 Å². The summed E-state index contributed by atoms with van der Waals surface area (Å²) in [7, 11) is 0. The summed E-state index contributed by atoms with van der Waals surface area (Å²) < 4.78 is 42.8. The van der Waals surface area contributed by atoms with Gasteiger partial charge in [-0.3, -0.25) is 0 Å². The van der Waals surface area contributed by atoms with Crippen LogP contribution in [0.5, 0.6) is 0 Å². The van der Waals surface area contributed by atoms with E-state index in [0.717, 1.165) is 44.1 Å². The van der Waals surface area contributed by atoms with Gasteiger partial charge in [-0.1, -0.05) is 12.1 Å². The lowest BCUT2D eigenvalue weighted by Gasteiger charge is -2.28. The fourth-order valence-corrected chi connectivity index (χ4v) is 3.42. The van der Waals surface area contributed by atoms with Crippen molar-refractivity contribution in [3.63, 3.8) is 0 Å². The summed E-state index contributed by atoms with van der Waals surface area (Å²) in [5.74, 6) is 1.23. The SMILES string of the molecule is FC(F)(F)c1ccc(-c2cc(N3CCNCC3)nc(-c3ccsn3)n2)cc1. The summed E-state index contributed by atoms with van der Waals surface area (Å²) in [5.41, 5.74) is 1.17. The van der Waals surface area contributed by atoms with Crippen molar-refractivity contribution < 1.29 is 13.2 Å². The maximum Gasteiger partial charge on any atom is 0.416 e. The minimum Gasteiger partial charge on any atom is -0.354 e. The number of piperazine rings is 1. The van der Waals surface area contributed by atoms with Crippen molar-refractivity contribution in [2.75, 3.05) is 31.1 Å². The largest absolute Gasteiger partial charge is 0.416 e. The quantitative estimate of drug-likeness (QED) is 0.738. The van der Waals surface area contributed by atoms with Crippen LogP contribution in [0.1, 0.15) is 5.56 Å². The summed E-state index contributed by atoms with van der Waals surface area (Å²) in [6.45, 7) is 3.32. The standard InChI is InChI=1S/C18H16F3N5S/c19-18(20,21)13-3-1-12(2-4-13)15-11-16(26-8-6-22-7-9-26)24-17(23-15)14-5-10-27-25-14/h1-5,10-11,22H,6-9H2. The zero-order valence-corrected chi connectivity index (χ0v) is 15.0. The van der Waals surface area contributed by atoms with Crippen LogP contribution in [-0.2, 0) is 6.18 Å². The lowest BCUT2D eigenvalue weighted by Crippen LogP contribution is -2.44. The van der Waals surface area contributed by atoms with Gasteiger partial charge in [0.25, 0.3) is 0 Å². The molecule has 0 unspecified atom stereocenters. The van der Waals surface area contributed by atoms with Gasteiger partial charge >= 0.3 is 6.18 Å². The van der Waals surface area contributed by atoms with Crippen LogP contribution >= 0.6 is 11.5 Å². The van der Waals surface area contributed by atoms with E-state index in [1.165, 1.54) is 23.7 Å². The molecule has 0 saturated carbocycles. The molecule has 5 nitrogen and oxygen atoms in total. The molecule has 1 aromatic carbocycles. The highest BCUT2D eigenvalue weighted by Crippen LogP contribution is 2.32. The summed E-state index contributed by atoms with van der Waals surface area (Å²) in [4.78, 5) is 11.3. The van der Waals surface area contributed by atoms with E-state index in [1.807, 2.05) is 17.5 Å². The average molecular weight is 391 g/mol. The van der Waals surface area contributed by atoms with Gasteiger partial charge in [0.1, 0.15) is 11.5 Å². The Hall–Kier alpha value is -2.52. The van der Waals surface area contributed by atoms with Crippen LogP contribution in [-0.4, -0.2) is 40.5 Å². The van der Waals surface area contributed by atoms with Crippen molar-refractivity contribution in [3.8, 4) is 22.8 Å². The third kappa shape index (κ3) is 3.93. The van der Waals surface area contributed by atoms with Crippen LogP contribution in [0.15, 0.2) is 41.8 Å². The molecule has 4 rings (SSSR count). The molecule has 1 aliphatic heterocycles. The van der Waals surface area contributed by atoms with Crippen molar-refractivity contribution in [1.29, 1.82) is 0 Å². The first-order valence-electron chi connectivity index (χ1n) is 8.44. The van der Waals surface area contributed by atoms with Gasteiger partial charge in [0.05, 0.1) is 11.3 Å². The molecule has 1 aliphatic rings. The number of hydrogen-bond acceptors (Lipinski definition) is 6. The zero-order chi connectivity index (χ0) is 18.9. The highest BCUT2D eigenvalue weighted by Gasteiger charge is 2.30. The fraction of sp³-hybridized carbons (Fsp3) is 0.278. The molecule has 2 aromatic heterocycles. The Labute approximate surface area is 158 Å². The fourth-order valence-electron chi connectivity index (χ4n) is 2.91. The number of nitrogens with zero attached hydrogens (tertiary/aromatic N) is 4. The minimum atomic E-state index is -4.36. The number of hydrogen-bond donors (Lipinski definition) is 1. The van der Waals surface area contributed by atoms with E-state index in [0.29, 0.717) is 22.8 Å². The molecule has 3 heterocycles. The summed E-state index contributed by atoms with van der Waals surface area (Å²) in [6.07, 6.45) is -4.36. The van der Waals surface area contributed by atoms with Gasteiger partial charge in [0.15, 0.2) is 5.82 Å². The van der Waals surface area contributed by atoms with E-state index in [4.69, 9.17) is 0 Å². The van der Waals surface area contributed by atoms with Crippen molar-refractivity contribution in [1.82, 2.24) is 19.7 Å². The molecular formula is C18H16F3N5S. The van der Waals surface area contributed by atoms with Gasteiger partial charge in [0.2, 0.25) is 0 Å². The first kappa shape index (κ1) is 17.9. The Kier molecular flexibility index (Phi) is 4.79. The molecule has 0 bridgehead atoms. The molecule has 140 valence electrons. The molecule has 1 fully saturated rings. The van der Waals surface area contributed by atoms with Crippen molar-refractivity contribution >= 4 is 17.4 Å². The maximum atomic E-state index is 12.8. The maximum absolute atomic E-state index is 12.8. The van der Waals surface area contributed by atoms with Crippen LogP contribution < -0.4 is 10.2 Å². The Morgan fingerprint density at radius 1 is 0.963 bits per heavy atom. The highest BCUT2D eigenvalue weighted by atomic mass is 32.1. The van der Waals surface area contributed by atoms with Crippen molar-refractivity contribution in [3.05, 3.63) is 47.3 Å². The Bertz CT molecular complexity index is 904. The van der Waals surface area contributed by atoms with Crippen molar-refractivity contribution in [2.24, 2.45) is 0 Å². The van der Waals surface area contributed by atoms with Crippen molar-refractivity contribution in [2.45, 2.75) is 6.18 Å². The number of halogens is 3. The monoisotopic (exact) mass is 391 g/mol. The second kappa shape index (κ2) is 7.24. The van der Waals surface area contributed by atoms with E-state index in [1.54, 1.807) is 0 Å². The zero-order valence-electron chi connectivity index (χ0n) is 14.2. The second-order valence-corrected chi connectivity index (χ2v) is 6.80. The van der Waals surface area contributed by atoms with Crippen LogP contribution in [0.2, 0.25) is 0 Å². The molecule has 3 aromatic rings. The van der Waals surface area contributed by atoms with Gasteiger partial charge in [0, 0.05) is 43.2 Å². The number of nitrogens with one attached hydrogen (secondary N) is 1. The van der Waals surface area contributed by atoms with Gasteiger partial charge in [-0.25, -0.2) is 9.97 Å². The molecule has 0 spiro atoms. The molecule has 0 radical (unpaired) electrons. The molecule has 1 saturated heterocycles. The molecule has 0 aliphatic carbocycles. The number of alkyl halides is 3. The Morgan fingerprint density at radius 2 is 1.70 bits per heavy atom. The van der Waals surface area contributed by atoms with Gasteiger partial charge in [-0.05, 0) is 29.7 Å². The van der Waals surface area contributed by atoms with Gasteiger partial charge in [-0.15, -0.1) is 0 Å². The average Bonchev–Trinajstić information content (AvgIpc) is 3.23. The molecule has 27 heavy (non-hydrogen) atoms. The molecular weight excluding hydrogens is 375 g/mol. The smallest absolute Gasteiger partial charge is 0.354 e. The van der Waals surface area contributed by atoms with E-state index in [-0.39, 0.29) is 0 Å². The normalized spacial score (nSPS) is 15.1. The van der Waals surface area contributed by atoms with Gasteiger partial charge < -0.3 is 10.2 Å².